The molecule has 0 spiro atoms. The molecule has 0 bridgehead atoms. The standard InChI is InChI=1S/C11H12N2O3/c14-10(8-5-9(8)11(15)16)13-6-7-3-1-2-4-12-7/h1-4,8-9H,5-6H2,(H,13,14)(H,15,16). The topological polar surface area (TPSA) is 79.3 Å². The smallest absolute Gasteiger partial charge is 0.307 e. The van der Waals surface area contributed by atoms with Gasteiger partial charge in [-0.25, -0.2) is 0 Å². The first kappa shape index (κ1) is 10.6. The minimum atomic E-state index is -0.891. The lowest BCUT2D eigenvalue weighted by molar-refractivity contribution is -0.140. The van der Waals surface area contributed by atoms with Crippen LogP contribution in [-0.2, 0) is 16.1 Å². The van der Waals surface area contributed by atoms with Crippen LogP contribution in [0.15, 0.2) is 24.4 Å². The minimum absolute atomic E-state index is 0.196. The van der Waals surface area contributed by atoms with Crippen molar-refractivity contribution in [2.45, 2.75) is 13.0 Å². The molecule has 5 heteroatoms. The molecule has 1 saturated carbocycles. The van der Waals surface area contributed by atoms with Crippen LogP contribution in [0, 0.1) is 11.8 Å². The van der Waals surface area contributed by atoms with Gasteiger partial charge in [-0.1, -0.05) is 6.07 Å². The van der Waals surface area contributed by atoms with Gasteiger partial charge in [0.1, 0.15) is 0 Å². The highest BCUT2D eigenvalue weighted by Gasteiger charge is 2.48. The number of nitrogens with one attached hydrogen (secondary N) is 1. The summed E-state index contributed by atoms with van der Waals surface area (Å²) in [6, 6.07) is 5.44. The maximum atomic E-state index is 11.5. The summed E-state index contributed by atoms with van der Waals surface area (Å²) in [4.78, 5) is 26.1. The molecule has 1 aliphatic carbocycles. The van der Waals surface area contributed by atoms with Crippen LogP contribution in [0.5, 0.6) is 0 Å². The largest absolute Gasteiger partial charge is 0.481 e. The van der Waals surface area contributed by atoms with Gasteiger partial charge in [-0.3, -0.25) is 14.6 Å². The van der Waals surface area contributed by atoms with E-state index in [1.165, 1.54) is 0 Å². The van der Waals surface area contributed by atoms with Gasteiger partial charge in [0, 0.05) is 6.20 Å². The van der Waals surface area contributed by atoms with E-state index in [0.717, 1.165) is 5.69 Å². The summed E-state index contributed by atoms with van der Waals surface area (Å²) in [6.07, 6.45) is 2.10. The third-order valence-electron chi connectivity index (χ3n) is 2.61. The number of aliphatic carboxylic acids is 1. The van der Waals surface area contributed by atoms with Gasteiger partial charge in [-0.15, -0.1) is 0 Å². The van der Waals surface area contributed by atoms with E-state index in [-0.39, 0.29) is 11.8 Å². The number of carbonyl (C=O) groups is 2. The van der Waals surface area contributed by atoms with Crippen LogP contribution in [0.4, 0.5) is 0 Å². The summed E-state index contributed by atoms with van der Waals surface area (Å²) in [7, 11) is 0. The zero-order chi connectivity index (χ0) is 11.5. The maximum absolute atomic E-state index is 11.5. The average molecular weight is 220 g/mol. The van der Waals surface area contributed by atoms with Crippen molar-refractivity contribution in [1.82, 2.24) is 10.3 Å². The number of hydrogen-bond donors (Lipinski definition) is 2. The van der Waals surface area contributed by atoms with Gasteiger partial charge < -0.3 is 10.4 Å². The van der Waals surface area contributed by atoms with Crippen LogP contribution in [0.3, 0.4) is 0 Å². The van der Waals surface area contributed by atoms with Crippen molar-refractivity contribution >= 4 is 11.9 Å². The molecule has 1 heterocycles. The molecule has 0 saturated heterocycles. The number of aromatic nitrogens is 1. The summed E-state index contributed by atoms with van der Waals surface area (Å²) in [5.74, 6) is -1.94. The first-order chi connectivity index (χ1) is 7.68. The van der Waals surface area contributed by atoms with Gasteiger partial charge in [0.2, 0.25) is 5.91 Å². The molecular formula is C11H12N2O3. The van der Waals surface area contributed by atoms with E-state index >= 15 is 0 Å². The zero-order valence-electron chi connectivity index (χ0n) is 8.59. The second-order valence-corrected chi connectivity index (χ2v) is 3.83. The van der Waals surface area contributed by atoms with Gasteiger partial charge in [0.05, 0.1) is 24.1 Å². The molecule has 2 N–H and O–H groups in total. The fourth-order valence-corrected chi connectivity index (χ4v) is 1.57. The quantitative estimate of drug-likeness (QED) is 0.770. The highest BCUT2D eigenvalue weighted by Crippen LogP contribution is 2.38. The van der Waals surface area contributed by atoms with Crippen LogP contribution in [0.2, 0.25) is 0 Å². The van der Waals surface area contributed by atoms with Crippen molar-refractivity contribution in [3.8, 4) is 0 Å². The Morgan fingerprint density at radius 3 is 2.81 bits per heavy atom. The molecule has 16 heavy (non-hydrogen) atoms. The molecule has 84 valence electrons. The molecule has 0 aliphatic heterocycles. The number of carboxylic acids is 1. The summed E-state index contributed by atoms with van der Waals surface area (Å²) in [5, 5.41) is 11.3. The molecule has 1 aromatic heterocycles. The van der Waals surface area contributed by atoms with Crippen molar-refractivity contribution in [3.05, 3.63) is 30.1 Å². The van der Waals surface area contributed by atoms with Gasteiger partial charge in [-0.05, 0) is 18.6 Å². The molecule has 0 aromatic carbocycles. The molecule has 0 radical (unpaired) electrons. The lowest BCUT2D eigenvalue weighted by atomic mass is 10.3. The van der Waals surface area contributed by atoms with E-state index in [9.17, 15) is 9.59 Å². The van der Waals surface area contributed by atoms with Crippen LogP contribution < -0.4 is 5.32 Å². The fourth-order valence-electron chi connectivity index (χ4n) is 1.57. The Hall–Kier alpha value is -1.91. The molecule has 1 aliphatic rings. The van der Waals surface area contributed by atoms with Crippen molar-refractivity contribution in [3.63, 3.8) is 0 Å². The van der Waals surface area contributed by atoms with Gasteiger partial charge in [-0.2, -0.15) is 0 Å². The molecule has 5 nitrogen and oxygen atoms in total. The number of pyridine rings is 1. The Balaban J connectivity index is 1.80. The predicted octanol–water partition coefficient (Wildman–Crippen LogP) is 0.418. The third-order valence-corrected chi connectivity index (χ3v) is 2.61. The molecular weight excluding hydrogens is 208 g/mol. The number of rotatable bonds is 4. The lowest BCUT2D eigenvalue weighted by Gasteiger charge is -2.03. The summed E-state index contributed by atoms with van der Waals surface area (Å²) >= 11 is 0. The minimum Gasteiger partial charge on any atom is -0.481 e. The normalized spacial score (nSPS) is 22.5. The lowest BCUT2D eigenvalue weighted by Crippen LogP contribution is -2.26. The average Bonchev–Trinajstić information content (AvgIpc) is 3.07. The SMILES string of the molecule is O=C(O)C1CC1C(=O)NCc1ccccn1. The first-order valence-corrected chi connectivity index (χ1v) is 5.09. The van der Waals surface area contributed by atoms with Gasteiger partial charge >= 0.3 is 5.97 Å². The molecule has 1 aromatic rings. The van der Waals surface area contributed by atoms with Crippen LogP contribution in [0.1, 0.15) is 12.1 Å². The van der Waals surface area contributed by atoms with E-state index in [1.807, 2.05) is 12.1 Å². The van der Waals surface area contributed by atoms with Crippen molar-refractivity contribution < 1.29 is 14.7 Å². The molecule has 2 rings (SSSR count). The summed E-state index contributed by atoms with van der Waals surface area (Å²) < 4.78 is 0. The number of nitrogens with zero attached hydrogens (tertiary/aromatic N) is 1. The number of amides is 1. The zero-order valence-corrected chi connectivity index (χ0v) is 8.59. The summed E-state index contributed by atoms with van der Waals surface area (Å²) in [5.41, 5.74) is 0.767. The highest BCUT2D eigenvalue weighted by atomic mass is 16.4. The van der Waals surface area contributed by atoms with E-state index in [4.69, 9.17) is 5.11 Å². The van der Waals surface area contributed by atoms with Crippen molar-refractivity contribution in [2.24, 2.45) is 11.8 Å². The van der Waals surface area contributed by atoms with Gasteiger partial charge in [0.15, 0.2) is 0 Å². The number of carboxylic acid groups (broad SMARTS) is 1. The monoisotopic (exact) mass is 220 g/mol. The predicted molar refractivity (Wildman–Crippen MR) is 55.3 cm³/mol. The van der Waals surface area contributed by atoms with E-state index in [1.54, 1.807) is 12.3 Å². The van der Waals surface area contributed by atoms with Crippen molar-refractivity contribution in [2.75, 3.05) is 0 Å². The van der Waals surface area contributed by atoms with Crippen LogP contribution in [0.25, 0.3) is 0 Å². The molecule has 1 amide bonds. The van der Waals surface area contributed by atoms with E-state index < -0.39 is 11.9 Å². The maximum Gasteiger partial charge on any atom is 0.307 e. The Morgan fingerprint density at radius 1 is 1.44 bits per heavy atom. The Kier molecular flexibility index (Phi) is 2.85. The molecule has 2 atom stereocenters. The first-order valence-electron chi connectivity index (χ1n) is 5.09. The third kappa shape index (κ3) is 2.36. The fraction of sp³-hybridized carbons (Fsp3) is 0.364. The Labute approximate surface area is 92.5 Å². The number of hydrogen-bond acceptors (Lipinski definition) is 3. The second-order valence-electron chi connectivity index (χ2n) is 3.83. The van der Waals surface area contributed by atoms with E-state index in [0.29, 0.717) is 13.0 Å². The molecule has 2 unspecified atom stereocenters. The van der Waals surface area contributed by atoms with Crippen LogP contribution in [-0.4, -0.2) is 22.0 Å². The Morgan fingerprint density at radius 2 is 2.25 bits per heavy atom. The number of carbonyl (C=O) groups excluding carboxylic acids is 1. The molecule has 1 fully saturated rings. The Bertz CT molecular complexity index is 405. The van der Waals surface area contributed by atoms with Crippen molar-refractivity contribution in [1.29, 1.82) is 0 Å². The second kappa shape index (κ2) is 4.30. The highest BCUT2D eigenvalue weighted by molar-refractivity contribution is 5.89. The van der Waals surface area contributed by atoms with Crippen LogP contribution >= 0.6 is 0 Å². The van der Waals surface area contributed by atoms with E-state index in [2.05, 4.69) is 10.3 Å². The summed E-state index contributed by atoms with van der Waals surface area (Å²) in [6.45, 7) is 0.350. The van der Waals surface area contributed by atoms with Gasteiger partial charge in [0.25, 0.3) is 0 Å².